The molecule has 1 N–H and O–H groups in total. The van der Waals surface area contributed by atoms with Gasteiger partial charge in [0.2, 0.25) is 0 Å². The Morgan fingerprint density at radius 2 is 1.69 bits per heavy atom. The van der Waals surface area contributed by atoms with Crippen LogP contribution in [0.15, 0.2) is 41.3 Å². The zero-order valence-electron chi connectivity index (χ0n) is 17.4. The molecular formula is C23H34OSSi. The van der Waals surface area contributed by atoms with Crippen molar-refractivity contribution in [1.29, 1.82) is 0 Å². The second-order valence-electron chi connectivity index (χ2n) is 8.76. The summed E-state index contributed by atoms with van der Waals surface area (Å²) in [6.45, 7) is 15.7. The molecule has 0 aromatic heterocycles. The molecule has 0 radical (unpaired) electrons. The first-order valence-electron chi connectivity index (χ1n) is 9.69. The smallest absolute Gasteiger partial charge is 0.119 e. The fraction of sp³-hybridized carbons (Fsp3) is 0.478. The summed E-state index contributed by atoms with van der Waals surface area (Å²) < 4.78 is 0. The summed E-state index contributed by atoms with van der Waals surface area (Å²) in [7, 11) is -0.336. The fourth-order valence-electron chi connectivity index (χ4n) is 3.54. The average molecular weight is 387 g/mol. The molecule has 0 aliphatic heterocycles. The summed E-state index contributed by atoms with van der Waals surface area (Å²) in [6, 6.07) is 13.0. The molecule has 0 aliphatic rings. The summed E-state index contributed by atoms with van der Waals surface area (Å²) in [4.78, 5) is 1.27. The number of hydrogen-bond donors (Lipinski definition) is 1. The molecule has 0 saturated carbocycles. The average Bonchev–Trinajstić information content (AvgIpc) is 2.54. The molecule has 142 valence electrons. The predicted octanol–water partition coefficient (Wildman–Crippen LogP) is 5.48. The van der Waals surface area contributed by atoms with Crippen LogP contribution in [0.1, 0.15) is 77.0 Å². The van der Waals surface area contributed by atoms with Crippen LogP contribution >= 0.6 is 11.8 Å². The summed E-state index contributed by atoms with van der Waals surface area (Å²) in [6.07, 6.45) is 0. The van der Waals surface area contributed by atoms with E-state index in [2.05, 4.69) is 78.8 Å². The standard InChI is InChI=1S/C23H34OSSi/c1-15(2)18-9-8-10-21(22(18)16(3)4)26-14-25-17-11-12-20(24)19(13-17)23(5,6)7/h8-13,15-16,24H,14,26H2,1-7H3. The maximum Gasteiger partial charge on any atom is 0.119 e. The van der Waals surface area contributed by atoms with E-state index in [0.717, 1.165) is 5.56 Å². The molecule has 0 spiro atoms. The van der Waals surface area contributed by atoms with Crippen LogP contribution < -0.4 is 5.19 Å². The lowest BCUT2D eigenvalue weighted by molar-refractivity contribution is 0.446. The van der Waals surface area contributed by atoms with Crippen LogP contribution in [-0.2, 0) is 5.41 Å². The molecular weight excluding hydrogens is 352 g/mol. The minimum atomic E-state index is -0.336. The summed E-state index contributed by atoms with van der Waals surface area (Å²) >= 11 is 1.94. The van der Waals surface area contributed by atoms with Gasteiger partial charge >= 0.3 is 0 Å². The van der Waals surface area contributed by atoms with Gasteiger partial charge in [0.15, 0.2) is 0 Å². The fourth-order valence-corrected chi connectivity index (χ4v) is 7.32. The predicted molar refractivity (Wildman–Crippen MR) is 120 cm³/mol. The number of phenols is 1. The Hall–Kier alpha value is -1.19. The van der Waals surface area contributed by atoms with Crippen molar-refractivity contribution in [3.8, 4) is 5.75 Å². The van der Waals surface area contributed by atoms with Gasteiger partial charge in [-0.25, -0.2) is 0 Å². The molecule has 2 aromatic carbocycles. The Kier molecular flexibility index (Phi) is 7.03. The zero-order valence-corrected chi connectivity index (χ0v) is 19.6. The molecule has 26 heavy (non-hydrogen) atoms. The summed E-state index contributed by atoms with van der Waals surface area (Å²) in [5.74, 6) is 1.58. The van der Waals surface area contributed by atoms with E-state index < -0.39 is 0 Å². The summed E-state index contributed by atoms with van der Waals surface area (Å²) in [5, 5.41) is 13.0. The van der Waals surface area contributed by atoms with Crippen LogP contribution in [0.3, 0.4) is 0 Å². The number of benzene rings is 2. The van der Waals surface area contributed by atoms with Crippen molar-refractivity contribution in [2.45, 2.75) is 70.6 Å². The van der Waals surface area contributed by atoms with Crippen LogP contribution in [0.2, 0.25) is 0 Å². The lowest BCUT2D eigenvalue weighted by Gasteiger charge is -2.21. The van der Waals surface area contributed by atoms with E-state index in [4.69, 9.17) is 0 Å². The van der Waals surface area contributed by atoms with Gasteiger partial charge in [-0.15, -0.1) is 11.8 Å². The van der Waals surface area contributed by atoms with Crippen LogP contribution in [0.25, 0.3) is 0 Å². The van der Waals surface area contributed by atoms with Gasteiger partial charge in [0.05, 0.1) is 9.52 Å². The number of aromatic hydroxyl groups is 1. The number of hydrogen-bond acceptors (Lipinski definition) is 2. The molecule has 1 nitrogen and oxygen atoms in total. The normalized spacial score (nSPS) is 12.7. The highest BCUT2D eigenvalue weighted by Gasteiger charge is 2.19. The van der Waals surface area contributed by atoms with Gasteiger partial charge in [0.1, 0.15) is 5.75 Å². The second-order valence-corrected chi connectivity index (χ2v) is 12.4. The summed E-state index contributed by atoms with van der Waals surface area (Å²) in [5.41, 5.74) is 4.12. The molecule has 0 aliphatic carbocycles. The van der Waals surface area contributed by atoms with Crippen LogP contribution in [-0.4, -0.2) is 20.0 Å². The maximum atomic E-state index is 10.2. The van der Waals surface area contributed by atoms with E-state index in [9.17, 15) is 5.11 Å². The first kappa shape index (κ1) is 21.1. The van der Waals surface area contributed by atoms with Gasteiger partial charge in [0, 0.05) is 10.5 Å². The highest BCUT2D eigenvalue weighted by atomic mass is 32.2. The van der Waals surface area contributed by atoms with Crippen molar-refractivity contribution in [2.75, 3.05) is 5.38 Å². The van der Waals surface area contributed by atoms with E-state index in [0.29, 0.717) is 17.6 Å². The molecule has 2 rings (SSSR count). The van der Waals surface area contributed by atoms with Crippen molar-refractivity contribution in [1.82, 2.24) is 0 Å². The van der Waals surface area contributed by atoms with E-state index >= 15 is 0 Å². The molecule has 0 unspecified atom stereocenters. The molecule has 0 saturated heterocycles. The minimum absolute atomic E-state index is 0.0332. The quantitative estimate of drug-likeness (QED) is 0.524. The van der Waals surface area contributed by atoms with Gasteiger partial charge in [-0.3, -0.25) is 0 Å². The monoisotopic (exact) mass is 386 g/mol. The van der Waals surface area contributed by atoms with Crippen molar-refractivity contribution >= 4 is 26.5 Å². The maximum absolute atomic E-state index is 10.2. The molecule has 0 amide bonds. The molecule has 0 fully saturated rings. The van der Waals surface area contributed by atoms with Gasteiger partial charge in [-0.1, -0.05) is 71.9 Å². The molecule has 3 heteroatoms. The van der Waals surface area contributed by atoms with Gasteiger partial charge in [0.25, 0.3) is 0 Å². The van der Waals surface area contributed by atoms with Crippen molar-refractivity contribution in [3.05, 3.63) is 53.1 Å². The van der Waals surface area contributed by atoms with Crippen LogP contribution in [0.4, 0.5) is 0 Å². The van der Waals surface area contributed by atoms with Gasteiger partial charge < -0.3 is 5.11 Å². The lowest BCUT2D eigenvalue weighted by atomic mass is 9.86. The van der Waals surface area contributed by atoms with Crippen molar-refractivity contribution < 1.29 is 5.11 Å². The van der Waals surface area contributed by atoms with Crippen LogP contribution in [0, 0.1) is 0 Å². The third-order valence-corrected chi connectivity index (χ3v) is 8.22. The topological polar surface area (TPSA) is 20.2 Å². The highest BCUT2D eigenvalue weighted by Crippen LogP contribution is 2.34. The zero-order chi connectivity index (χ0) is 19.5. The molecule has 2 aromatic rings. The third-order valence-electron chi connectivity index (χ3n) is 4.85. The Balaban J connectivity index is 2.15. The van der Waals surface area contributed by atoms with Gasteiger partial charge in [-0.05, 0) is 52.0 Å². The first-order chi connectivity index (χ1) is 12.1. The van der Waals surface area contributed by atoms with Gasteiger partial charge in [-0.2, -0.15) is 0 Å². The Bertz CT molecular complexity index is 744. The molecule has 0 heterocycles. The highest BCUT2D eigenvalue weighted by molar-refractivity contribution is 8.00. The van der Waals surface area contributed by atoms with E-state index in [-0.39, 0.29) is 14.9 Å². The lowest BCUT2D eigenvalue weighted by Crippen LogP contribution is -2.24. The SMILES string of the molecule is CC(C)c1cccc([SiH2]CSc2ccc(O)c(C(C)(C)C)c2)c1C(C)C. The Labute approximate surface area is 166 Å². The van der Waals surface area contributed by atoms with E-state index in [1.54, 1.807) is 10.8 Å². The minimum Gasteiger partial charge on any atom is -0.508 e. The van der Waals surface area contributed by atoms with Crippen LogP contribution in [0.5, 0.6) is 5.75 Å². The first-order valence-corrected chi connectivity index (χ1v) is 12.4. The number of rotatable bonds is 6. The third kappa shape index (κ3) is 5.17. The van der Waals surface area contributed by atoms with E-state index in [1.165, 1.54) is 15.8 Å². The largest absolute Gasteiger partial charge is 0.508 e. The number of phenolic OH excluding ortho intramolecular Hbond substituents is 1. The van der Waals surface area contributed by atoms with Crippen molar-refractivity contribution in [3.63, 3.8) is 0 Å². The Morgan fingerprint density at radius 1 is 1.00 bits per heavy atom. The number of thioether (sulfide) groups is 1. The molecule has 0 atom stereocenters. The Morgan fingerprint density at radius 3 is 2.27 bits per heavy atom. The van der Waals surface area contributed by atoms with E-state index in [1.807, 2.05) is 17.8 Å². The van der Waals surface area contributed by atoms with Crippen molar-refractivity contribution in [2.24, 2.45) is 0 Å². The second kappa shape index (κ2) is 8.66. The molecule has 0 bridgehead atoms.